The lowest BCUT2D eigenvalue weighted by Crippen LogP contribution is -2.12. The number of hydrogen-bond acceptors (Lipinski definition) is 4. The lowest BCUT2D eigenvalue weighted by Gasteiger charge is -2.10. The van der Waals surface area contributed by atoms with Crippen molar-refractivity contribution in [1.29, 1.82) is 0 Å². The smallest absolute Gasteiger partial charge is 0.259 e. The fourth-order valence-corrected chi connectivity index (χ4v) is 4.26. The SMILES string of the molecule is Cc1sc2nc(C(C)Sc3ccc(F)c(F)c3)[nH]c(=O)c2c1C. The molecule has 120 valence electrons. The molecule has 23 heavy (non-hydrogen) atoms. The predicted octanol–water partition coefficient (Wildman–Crippen LogP) is 4.73. The van der Waals surface area contributed by atoms with Gasteiger partial charge in [0.25, 0.3) is 5.56 Å². The van der Waals surface area contributed by atoms with Gasteiger partial charge in [-0.3, -0.25) is 4.79 Å². The fourth-order valence-electron chi connectivity index (χ4n) is 2.27. The van der Waals surface area contributed by atoms with Gasteiger partial charge in [0.15, 0.2) is 11.6 Å². The third-order valence-corrected chi connectivity index (χ3v) is 5.85. The molecule has 1 unspecified atom stereocenters. The molecule has 3 aromatic rings. The summed E-state index contributed by atoms with van der Waals surface area (Å²) in [6, 6.07) is 3.75. The first kappa shape index (κ1) is 16.1. The highest BCUT2D eigenvalue weighted by Crippen LogP contribution is 2.34. The molecule has 0 bridgehead atoms. The van der Waals surface area contributed by atoms with Crippen LogP contribution < -0.4 is 5.56 Å². The summed E-state index contributed by atoms with van der Waals surface area (Å²) in [6.45, 7) is 5.73. The van der Waals surface area contributed by atoms with Gasteiger partial charge in [0.2, 0.25) is 0 Å². The molecule has 0 aliphatic carbocycles. The van der Waals surface area contributed by atoms with E-state index in [1.807, 2.05) is 20.8 Å². The van der Waals surface area contributed by atoms with Crippen LogP contribution in [0.4, 0.5) is 8.78 Å². The molecule has 2 heterocycles. The van der Waals surface area contributed by atoms with Gasteiger partial charge in [-0.1, -0.05) is 0 Å². The Bertz CT molecular complexity index is 949. The van der Waals surface area contributed by atoms with E-state index in [9.17, 15) is 13.6 Å². The third kappa shape index (κ3) is 3.03. The second-order valence-corrected chi connectivity index (χ2v) is 7.87. The molecule has 0 saturated heterocycles. The number of aromatic nitrogens is 2. The van der Waals surface area contributed by atoms with Crippen molar-refractivity contribution in [2.24, 2.45) is 0 Å². The number of nitrogens with one attached hydrogen (secondary N) is 1. The summed E-state index contributed by atoms with van der Waals surface area (Å²) in [5.74, 6) is -1.23. The van der Waals surface area contributed by atoms with E-state index in [4.69, 9.17) is 0 Å². The standard InChI is InChI=1S/C16H14F2N2OS2/c1-7-8(2)23-16-13(7)15(21)19-14(20-16)9(3)22-10-4-5-11(17)12(18)6-10/h4-6,9H,1-3H3,(H,19,20,21). The zero-order valence-electron chi connectivity index (χ0n) is 12.7. The van der Waals surface area contributed by atoms with Crippen molar-refractivity contribution >= 4 is 33.3 Å². The van der Waals surface area contributed by atoms with Gasteiger partial charge in [-0.2, -0.15) is 0 Å². The minimum atomic E-state index is -0.886. The molecular formula is C16H14F2N2OS2. The number of aromatic amines is 1. The maximum absolute atomic E-state index is 13.3. The second kappa shape index (κ2) is 6.05. The summed E-state index contributed by atoms with van der Waals surface area (Å²) < 4.78 is 26.3. The molecule has 0 fully saturated rings. The Hall–Kier alpha value is -1.73. The first-order valence-electron chi connectivity index (χ1n) is 6.98. The quantitative estimate of drug-likeness (QED) is 0.693. The van der Waals surface area contributed by atoms with Crippen LogP contribution >= 0.6 is 23.1 Å². The Morgan fingerprint density at radius 3 is 2.70 bits per heavy atom. The van der Waals surface area contributed by atoms with E-state index in [1.54, 1.807) is 0 Å². The second-order valence-electron chi connectivity index (χ2n) is 5.25. The molecule has 1 N–H and O–H groups in total. The first-order valence-corrected chi connectivity index (χ1v) is 8.68. The topological polar surface area (TPSA) is 45.8 Å². The number of thioether (sulfide) groups is 1. The number of halogens is 2. The molecule has 0 radical (unpaired) electrons. The van der Waals surface area contributed by atoms with E-state index < -0.39 is 11.6 Å². The summed E-state index contributed by atoms with van der Waals surface area (Å²) in [4.78, 5) is 22.0. The zero-order chi connectivity index (χ0) is 16.7. The predicted molar refractivity (Wildman–Crippen MR) is 90.3 cm³/mol. The molecule has 0 aliphatic rings. The largest absolute Gasteiger partial charge is 0.309 e. The Kier molecular flexibility index (Phi) is 4.25. The monoisotopic (exact) mass is 352 g/mol. The summed E-state index contributed by atoms with van der Waals surface area (Å²) >= 11 is 2.80. The molecule has 0 amide bonds. The van der Waals surface area contributed by atoms with Gasteiger partial charge in [0.1, 0.15) is 10.7 Å². The van der Waals surface area contributed by atoms with Crippen molar-refractivity contribution in [2.75, 3.05) is 0 Å². The minimum Gasteiger partial charge on any atom is -0.309 e. The average Bonchev–Trinajstić information content (AvgIpc) is 2.78. The average molecular weight is 352 g/mol. The van der Waals surface area contributed by atoms with E-state index in [-0.39, 0.29) is 10.8 Å². The van der Waals surface area contributed by atoms with E-state index in [2.05, 4.69) is 9.97 Å². The molecule has 3 rings (SSSR count). The highest BCUT2D eigenvalue weighted by Gasteiger charge is 2.16. The van der Waals surface area contributed by atoms with Crippen molar-refractivity contribution in [1.82, 2.24) is 9.97 Å². The molecule has 0 saturated carbocycles. The van der Waals surface area contributed by atoms with Crippen molar-refractivity contribution in [3.05, 3.63) is 56.5 Å². The van der Waals surface area contributed by atoms with Crippen LogP contribution in [0.2, 0.25) is 0 Å². The third-order valence-electron chi connectivity index (χ3n) is 3.65. The summed E-state index contributed by atoms with van der Waals surface area (Å²) in [6.07, 6.45) is 0. The molecule has 3 nitrogen and oxygen atoms in total. The van der Waals surface area contributed by atoms with Crippen LogP contribution in [0.15, 0.2) is 27.9 Å². The molecule has 0 spiro atoms. The summed E-state index contributed by atoms with van der Waals surface area (Å²) in [7, 11) is 0. The number of aryl methyl sites for hydroxylation is 2. The fraction of sp³-hybridized carbons (Fsp3) is 0.250. The number of hydrogen-bond donors (Lipinski definition) is 1. The van der Waals surface area contributed by atoms with Crippen LogP contribution in [-0.4, -0.2) is 9.97 Å². The number of thiophene rings is 1. The maximum atomic E-state index is 13.3. The number of rotatable bonds is 3. The van der Waals surface area contributed by atoms with Crippen molar-refractivity contribution in [3.8, 4) is 0 Å². The first-order chi connectivity index (χ1) is 10.9. The van der Waals surface area contributed by atoms with E-state index >= 15 is 0 Å². The molecule has 2 aromatic heterocycles. The lowest BCUT2D eigenvalue weighted by atomic mass is 10.2. The highest BCUT2D eigenvalue weighted by atomic mass is 32.2. The summed E-state index contributed by atoms with van der Waals surface area (Å²) in [5, 5.41) is 0.431. The van der Waals surface area contributed by atoms with Crippen molar-refractivity contribution < 1.29 is 8.78 Å². The molecular weight excluding hydrogens is 338 g/mol. The normalized spacial score (nSPS) is 12.7. The number of fused-ring (bicyclic) bond motifs is 1. The lowest BCUT2D eigenvalue weighted by molar-refractivity contribution is 0.506. The van der Waals surface area contributed by atoms with Crippen LogP contribution in [0.1, 0.15) is 28.4 Å². The van der Waals surface area contributed by atoms with Gasteiger partial charge < -0.3 is 4.98 Å². The Morgan fingerprint density at radius 1 is 1.26 bits per heavy atom. The van der Waals surface area contributed by atoms with Crippen LogP contribution in [0.5, 0.6) is 0 Å². The minimum absolute atomic E-state index is 0.162. The highest BCUT2D eigenvalue weighted by molar-refractivity contribution is 7.99. The van der Waals surface area contributed by atoms with Crippen molar-refractivity contribution in [3.63, 3.8) is 0 Å². The van der Waals surface area contributed by atoms with Crippen LogP contribution in [0.25, 0.3) is 10.2 Å². The zero-order valence-corrected chi connectivity index (χ0v) is 14.4. The Labute approximate surface area is 139 Å². The molecule has 7 heteroatoms. The Morgan fingerprint density at radius 2 is 2.00 bits per heavy atom. The maximum Gasteiger partial charge on any atom is 0.259 e. The van der Waals surface area contributed by atoms with Crippen LogP contribution in [-0.2, 0) is 0 Å². The number of nitrogens with zero attached hydrogens (tertiary/aromatic N) is 1. The van der Waals surface area contributed by atoms with E-state index in [0.29, 0.717) is 20.9 Å². The van der Waals surface area contributed by atoms with Gasteiger partial charge in [0, 0.05) is 9.77 Å². The van der Waals surface area contributed by atoms with Crippen LogP contribution in [0, 0.1) is 25.5 Å². The van der Waals surface area contributed by atoms with Gasteiger partial charge in [-0.15, -0.1) is 23.1 Å². The molecule has 1 aromatic carbocycles. The van der Waals surface area contributed by atoms with Gasteiger partial charge >= 0.3 is 0 Å². The van der Waals surface area contributed by atoms with Crippen molar-refractivity contribution in [2.45, 2.75) is 30.9 Å². The van der Waals surface area contributed by atoms with Gasteiger partial charge in [0.05, 0.1) is 10.6 Å². The van der Waals surface area contributed by atoms with Gasteiger partial charge in [-0.25, -0.2) is 13.8 Å². The number of benzene rings is 1. The van der Waals surface area contributed by atoms with Gasteiger partial charge in [-0.05, 0) is 44.5 Å². The molecule has 0 aliphatic heterocycles. The van der Waals surface area contributed by atoms with E-state index in [1.165, 1.54) is 29.2 Å². The Balaban J connectivity index is 1.96. The number of H-pyrrole nitrogens is 1. The summed E-state index contributed by atoms with van der Waals surface area (Å²) in [5.41, 5.74) is 0.788. The van der Waals surface area contributed by atoms with Crippen LogP contribution in [0.3, 0.4) is 0 Å². The molecule has 1 atom stereocenters. The van der Waals surface area contributed by atoms with E-state index in [0.717, 1.165) is 22.6 Å².